The molecule has 0 aliphatic carbocycles. The molecule has 62 valence electrons. The first-order valence-corrected chi connectivity index (χ1v) is 1.39. The fourth-order valence-corrected chi connectivity index (χ4v) is 0. The van der Waals surface area contributed by atoms with Crippen LogP contribution in [0.3, 0.4) is 0 Å². The maximum atomic E-state index is 8.36. The lowest BCUT2D eigenvalue weighted by atomic mass is 13.1. The lowest BCUT2D eigenvalue weighted by Gasteiger charge is -1.56. The fraction of sp³-hybridized carbons (Fsp3) is 0. The van der Waals surface area contributed by atoms with Gasteiger partial charge in [-0.25, -0.2) is 5.90 Å². The summed E-state index contributed by atoms with van der Waals surface area (Å²) in [7, 11) is 0. The van der Waals surface area contributed by atoms with Crippen LogP contribution >= 0.6 is 0 Å². The number of hydrogen-bond donors (Lipinski definition) is 4. The minimum absolute atomic E-state index is 1.50. The highest BCUT2D eigenvalue weighted by molar-refractivity contribution is 3.83. The Morgan fingerprint density at radius 3 is 1.00 bits per heavy atom. The molecule has 0 aromatic rings. The van der Waals surface area contributed by atoms with Gasteiger partial charge in [0.1, 0.15) is 0 Å². The van der Waals surface area contributed by atoms with E-state index in [0.29, 0.717) is 0 Å². The van der Waals surface area contributed by atoms with Crippen molar-refractivity contribution >= 4 is 0 Å². The SMILES string of the molecule is NO.O=[N+]([O-])O.O=[N+]([O-])O. The van der Waals surface area contributed by atoms with Gasteiger partial charge in [-0.2, -0.15) is 0 Å². The third-order valence-corrected chi connectivity index (χ3v) is 0. The van der Waals surface area contributed by atoms with Gasteiger partial charge in [0.15, 0.2) is 0 Å². The molecule has 0 spiro atoms. The predicted octanol–water partition coefficient (Wildman–Crippen LogP) is -1.36. The van der Waals surface area contributed by atoms with E-state index in [1.807, 2.05) is 0 Å². The summed E-state index contributed by atoms with van der Waals surface area (Å²) in [5.74, 6) is 3.50. The summed E-state index contributed by atoms with van der Waals surface area (Å²) in [5.41, 5.74) is 0. The molecule has 10 nitrogen and oxygen atoms in total. The second kappa shape index (κ2) is 15.7. The Bertz CT molecular complexity index is 66.9. The first-order valence-electron chi connectivity index (χ1n) is 1.39. The van der Waals surface area contributed by atoms with Gasteiger partial charge in [-0.15, -0.1) is 20.2 Å². The van der Waals surface area contributed by atoms with E-state index in [-0.39, 0.29) is 0 Å². The molecular formula is H5N3O7. The molecule has 0 heterocycles. The molecular weight excluding hydrogens is 154 g/mol. The molecule has 10 heavy (non-hydrogen) atoms. The zero-order valence-electron chi connectivity index (χ0n) is 4.45. The molecule has 10 heteroatoms. The molecule has 0 fully saturated rings. The van der Waals surface area contributed by atoms with Crippen molar-refractivity contribution in [2.75, 3.05) is 0 Å². The summed E-state index contributed by atoms with van der Waals surface area (Å²) in [4.78, 5) is 16.7. The van der Waals surface area contributed by atoms with Crippen molar-refractivity contribution in [1.82, 2.24) is 0 Å². The number of nitrogens with two attached hydrogens (primary N) is 1. The smallest absolute Gasteiger partial charge is 0.291 e. The van der Waals surface area contributed by atoms with Crippen LogP contribution in [-0.4, -0.2) is 25.8 Å². The maximum Gasteiger partial charge on any atom is 0.291 e. The third-order valence-electron chi connectivity index (χ3n) is 0. The van der Waals surface area contributed by atoms with Crippen LogP contribution < -0.4 is 5.90 Å². The van der Waals surface area contributed by atoms with E-state index < -0.39 is 10.2 Å². The molecule has 0 saturated carbocycles. The molecule has 0 radical (unpaired) electrons. The van der Waals surface area contributed by atoms with Gasteiger partial charge < -0.3 is 15.6 Å². The van der Waals surface area contributed by atoms with Crippen LogP contribution in [0.15, 0.2) is 0 Å². The highest BCUT2D eigenvalue weighted by Gasteiger charge is 1.65. The Balaban J connectivity index is -0.0000000787. The fourth-order valence-electron chi connectivity index (χ4n) is 0. The standard InChI is InChI=1S/2HNO3.H3NO/c2*2-1(3)4;1-2/h2*(H,2,3,4);2H,1H2. The molecule has 0 aliphatic heterocycles. The van der Waals surface area contributed by atoms with Crippen LogP contribution in [0.2, 0.25) is 0 Å². The van der Waals surface area contributed by atoms with Crippen LogP contribution in [0.1, 0.15) is 0 Å². The molecule has 0 rings (SSSR count). The number of hydrogen-bond acceptors (Lipinski definition) is 6. The van der Waals surface area contributed by atoms with Gasteiger partial charge >= 0.3 is 0 Å². The Kier molecular flexibility index (Phi) is 24.7. The maximum absolute atomic E-state index is 8.36. The third kappa shape index (κ3) is 63.4. The van der Waals surface area contributed by atoms with Gasteiger partial charge in [0.25, 0.3) is 10.2 Å². The molecule has 0 aromatic heterocycles. The number of rotatable bonds is 0. The van der Waals surface area contributed by atoms with E-state index >= 15 is 0 Å². The Labute approximate surface area is 53.3 Å². The highest BCUT2D eigenvalue weighted by Crippen LogP contribution is 1.38. The van der Waals surface area contributed by atoms with E-state index in [1.54, 1.807) is 0 Å². The van der Waals surface area contributed by atoms with Crippen molar-refractivity contribution < 1.29 is 25.8 Å². The molecule has 0 atom stereocenters. The van der Waals surface area contributed by atoms with E-state index in [2.05, 4.69) is 5.90 Å². The Hall–Kier alpha value is -1.68. The van der Waals surface area contributed by atoms with Gasteiger partial charge in [0.05, 0.1) is 0 Å². The van der Waals surface area contributed by atoms with Crippen molar-refractivity contribution in [2.24, 2.45) is 5.90 Å². The Morgan fingerprint density at radius 2 is 1.00 bits per heavy atom. The first kappa shape index (κ1) is 15.8. The molecule has 0 amide bonds. The minimum Gasteiger partial charge on any atom is -0.328 e. The van der Waals surface area contributed by atoms with Crippen molar-refractivity contribution in [3.05, 3.63) is 20.2 Å². The molecule has 0 saturated heterocycles. The monoisotopic (exact) mass is 159 g/mol. The summed E-state index contributed by atoms with van der Waals surface area (Å²) < 4.78 is 0. The lowest BCUT2D eigenvalue weighted by molar-refractivity contribution is -0.742. The second-order valence-corrected chi connectivity index (χ2v) is 0.476. The largest absolute Gasteiger partial charge is 0.328 e. The summed E-state index contributed by atoms with van der Waals surface area (Å²) in [6.45, 7) is 0. The number of nitrogens with zero attached hydrogens (tertiary/aromatic N) is 2. The zero-order chi connectivity index (χ0) is 9.15. The Morgan fingerprint density at radius 1 is 1.00 bits per heavy atom. The average Bonchev–Trinajstić information content (AvgIpc) is 1.66. The van der Waals surface area contributed by atoms with Gasteiger partial charge in [-0.1, -0.05) is 0 Å². The first-order chi connectivity index (χ1) is 4.46. The lowest BCUT2D eigenvalue weighted by Crippen LogP contribution is -1.81. The van der Waals surface area contributed by atoms with Crippen molar-refractivity contribution in [3.8, 4) is 0 Å². The van der Waals surface area contributed by atoms with Crippen molar-refractivity contribution in [2.45, 2.75) is 0 Å². The quantitative estimate of drug-likeness (QED) is 0.247. The summed E-state index contributed by atoms with van der Waals surface area (Å²) in [5, 5.41) is 33.8. The summed E-state index contributed by atoms with van der Waals surface area (Å²) in [6.07, 6.45) is 0. The summed E-state index contributed by atoms with van der Waals surface area (Å²) in [6, 6.07) is 0. The van der Waals surface area contributed by atoms with E-state index in [4.69, 9.17) is 35.9 Å². The molecule has 5 N–H and O–H groups in total. The second-order valence-electron chi connectivity index (χ2n) is 0.476. The van der Waals surface area contributed by atoms with Crippen LogP contribution in [-0.2, 0) is 0 Å². The molecule has 0 aliphatic rings. The predicted molar refractivity (Wildman–Crippen MR) is 23.5 cm³/mol. The van der Waals surface area contributed by atoms with Crippen LogP contribution in [0.4, 0.5) is 0 Å². The normalized spacial score (nSPS) is 5.40. The van der Waals surface area contributed by atoms with Crippen molar-refractivity contribution in [1.29, 1.82) is 0 Å². The topological polar surface area (TPSA) is 173 Å². The van der Waals surface area contributed by atoms with Gasteiger partial charge in [-0.3, -0.25) is 0 Å². The van der Waals surface area contributed by atoms with Crippen molar-refractivity contribution in [3.63, 3.8) is 0 Å². The van der Waals surface area contributed by atoms with Crippen LogP contribution in [0.5, 0.6) is 0 Å². The average molecular weight is 159 g/mol. The van der Waals surface area contributed by atoms with E-state index in [1.165, 1.54) is 0 Å². The van der Waals surface area contributed by atoms with Crippen LogP contribution in [0, 0.1) is 20.2 Å². The van der Waals surface area contributed by atoms with E-state index in [0.717, 1.165) is 0 Å². The van der Waals surface area contributed by atoms with Crippen LogP contribution in [0.25, 0.3) is 0 Å². The van der Waals surface area contributed by atoms with Gasteiger partial charge in [-0.05, 0) is 0 Å². The molecule has 0 aromatic carbocycles. The molecule has 0 bridgehead atoms. The van der Waals surface area contributed by atoms with Gasteiger partial charge in [0, 0.05) is 0 Å². The summed E-state index contributed by atoms with van der Waals surface area (Å²) >= 11 is 0. The minimum atomic E-state index is -1.50. The van der Waals surface area contributed by atoms with E-state index in [9.17, 15) is 0 Å². The highest BCUT2D eigenvalue weighted by atomic mass is 16.9. The zero-order valence-corrected chi connectivity index (χ0v) is 4.45. The van der Waals surface area contributed by atoms with Gasteiger partial charge in [0.2, 0.25) is 0 Å². The molecule has 0 unspecified atom stereocenters.